The predicted molar refractivity (Wildman–Crippen MR) is 105 cm³/mol. The van der Waals surface area contributed by atoms with E-state index in [2.05, 4.69) is 15.3 Å². The first kappa shape index (κ1) is 16.5. The number of carbonyl (C=O) groups excluding carboxylic acids is 1. The topological polar surface area (TPSA) is 54.9 Å². The van der Waals surface area contributed by atoms with E-state index in [-0.39, 0.29) is 5.91 Å². The van der Waals surface area contributed by atoms with Crippen molar-refractivity contribution in [3.63, 3.8) is 0 Å². The summed E-state index contributed by atoms with van der Waals surface area (Å²) < 4.78 is 1.18. The van der Waals surface area contributed by atoms with Crippen LogP contribution in [0.2, 0.25) is 8.67 Å². The molecule has 124 valence electrons. The van der Waals surface area contributed by atoms with Gasteiger partial charge in [-0.15, -0.1) is 22.7 Å². The van der Waals surface area contributed by atoms with E-state index in [1.165, 1.54) is 22.7 Å². The molecule has 1 aromatic carbocycles. The number of aromatic nitrogens is 2. The smallest absolute Gasteiger partial charge is 0.258 e. The molecule has 0 spiro atoms. The lowest BCUT2D eigenvalue weighted by molar-refractivity contribution is 0.102. The number of amides is 1. The average Bonchev–Trinajstić information content (AvgIpc) is 3.20. The molecule has 25 heavy (non-hydrogen) atoms. The monoisotopic (exact) mass is 405 g/mol. The zero-order chi connectivity index (χ0) is 17.4. The zero-order valence-electron chi connectivity index (χ0n) is 12.5. The number of thiophene rings is 1. The molecule has 0 radical (unpaired) electrons. The Morgan fingerprint density at radius 2 is 2.04 bits per heavy atom. The minimum Gasteiger partial charge on any atom is -0.298 e. The largest absolute Gasteiger partial charge is 0.298 e. The number of thiazole rings is 1. The highest BCUT2D eigenvalue weighted by Crippen LogP contribution is 2.39. The second-order valence-corrected chi connectivity index (χ2v) is 8.25. The number of nitrogens with one attached hydrogen (secondary N) is 1. The van der Waals surface area contributed by atoms with Gasteiger partial charge in [-0.3, -0.25) is 15.1 Å². The molecule has 0 bridgehead atoms. The third-order valence-electron chi connectivity index (χ3n) is 3.55. The van der Waals surface area contributed by atoms with Gasteiger partial charge in [0.15, 0.2) is 5.13 Å². The number of fused-ring (bicyclic) bond motifs is 1. The van der Waals surface area contributed by atoms with Gasteiger partial charge >= 0.3 is 0 Å². The number of rotatable bonds is 3. The quantitative estimate of drug-likeness (QED) is 0.455. The highest BCUT2D eigenvalue weighted by Gasteiger charge is 2.15. The summed E-state index contributed by atoms with van der Waals surface area (Å²) in [5, 5.41) is 5.97. The maximum atomic E-state index is 12.6. The van der Waals surface area contributed by atoms with Crippen molar-refractivity contribution in [2.24, 2.45) is 0 Å². The molecular formula is C17H9Cl2N3OS2. The first-order valence-electron chi connectivity index (χ1n) is 7.17. The second kappa shape index (κ2) is 6.72. The van der Waals surface area contributed by atoms with E-state index in [0.717, 1.165) is 16.5 Å². The van der Waals surface area contributed by atoms with E-state index < -0.39 is 0 Å². The summed E-state index contributed by atoms with van der Waals surface area (Å²) in [6, 6.07) is 10.9. The highest BCUT2D eigenvalue weighted by atomic mass is 35.5. The Morgan fingerprint density at radius 1 is 1.16 bits per heavy atom. The Kier molecular flexibility index (Phi) is 4.43. The summed E-state index contributed by atoms with van der Waals surface area (Å²) in [4.78, 5) is 21.3. The van der Waals surface area contributed by atoms with Crippen LogP contribution in [-0.2, 0) is 0 Å². The molecule has 3 heterocycles. The molecule has 4 aromatic rings. The summed E-state index contributed by atoms with van der Waals surface area (Å²) in [5.41, 5.74) is 2.78. The standard InChI is InChI=1S/C17H9Cl2N3OS2/c18-14-7-11(15(19)25-14)13-8-24-17(21-13)22-16(23)10-3-1-5-12-9(10)4-2-6-20-12/h1-8H,(H,21,22,23). The van der Waals surface area contributed by atoms with Gasteiger partial charge in [-0.2, -0.15) is 0 Å². The Labute approximate surface area is 161 Å². The van der Waals surface area contributed by atoms with E-state index in [9.17, 15) is 4.79 Å². The number of carbonyl (C=O) groups is 1. The molecule has 0 saturated carbocycles. The summed E-state index contributed by atoms with van der Waals surface area (Å²) in [6.45, 7) is 0. The molecule has 8 heteroatoms. The SMILES string of the molecule is O=C(Nc1nc(-c2cc(Cl)sc2Cl)cs1)c1cccc2ncccc12. The van der Waals surface area contributed by atoms with Crippen LogP contribution in [0.3, 0.4) is 0 Å². The third kappa shape index (κ3) is 3.26. The van der Waals surface area contributed by atoms with Crippen molar-refractivity contribution >= 4 is 67.8 Å². The fraction of sp³-hybridized carbons (Fsp3) is 0. The van der Waals surface area contributed by atoms with Gasteiger partial charge in [-0.25, -0.2) is 4.98 Å². The maximum Gasteiger partial charge on any atom is 0.258 e. The molecule has 0 unspecified atom stereocenters. The lowest BCUT2D eigenvalue weighted by atomic mass is 10.1. The number of hydrogen-bond donors (Lipinski definition) is 1. The van der Waals surface area contributed by atoms with Crippen LogP contribution in [0.5, 0.6) is 0 Å². The van der Waals surface area contributed by atoms with Gasteiger partial charge in [0.1, 0.15) is 4.34 Å². The number of halogens is 2. The van der Waals surface area contributed by atoms with Crippen LogP contribution in [0.4, 0.5) is 5.13 Å². The fourth-order valence-electron chi connectivity index (χ4n) is 2.44. The first-order chi connectivity index (χ1) is 12.1. The van der Waals surface area contributed by atoms with Crippen LogP contribution in [-0.4, -0.2) is 15.9 Å². The molecule has 0 aliphatic carbocycles. The van der Waals surface area contributed by atoms with E-state index in [1.807, 2.05) is 29.6 Å². The van der Waals surface area contributed by atoms with Crippen molar-refractivity contribution in [2.75, 3.05) is 5.32 Å². The van der Waals surface area contributed by atoms with E-state index in [1.54, 1.807) is 18.3 Å². The van der Waals surface area contributed by atoms with Crippen LogP contribution in [0, 0.1) is 0 Å². The number of pyridine rings is 1. The van der Waals surface area contributed by atoms with Gasteiger partial charge in [-0.1, -0.05) is 35.3 Å². The van der Waals surface area contributed by atoms with Gasteiger partial charge in [0, 0.05) is 28.1 Å². The zero-order valence-corrected chi connectivity index (χ0v) is 15.6. The van der Waals surface area contributed by atoms with Crippen LogP contribution in [0.25, 0.3) is 22.2 Å². The Balaban J connectivity index is 1.62. The highest BCUT2D eigenvalue weighted by molar-refractivity contribution is 7.20. The molecular weight excluding hydrogens is 397 g/mol. The second-order valence-electron chi connectivity index (χ2n) is 5.11. The lowest BCUT2D eigenvalue weighted by Gasteiger charge is -2.05. The van der Waals surface area contributed by atoms with Gasteiger partial charge in [0.25, 0.3) is 5.91 Å². The molecule has 0 aliphatic rings. The molecule has 0 aliphatic heterocycles. The number of nitrogens with zero attached hydrogens (tertiary/aromatic N) is 2. The van der Waals surface area contributed by atoms with Crippen molar-refractivity contribution in [3.05, 3.63) is 62.2 Å². The molecule has 4 rings (SSSR count). The number of anilines is 1. The summed E-state index contributed by atoms with van der Waals surface area (Å²) in [7, 11) is 0. The summed E-state index contributed by atoms with van der Waals surface area (Å²) >= 11 is 14.8. The molecule has 4 nitrogen and oxygen atoms in total. The maximum absolute atomic E-state index is 12.6. The van der Waals surface area contributed by atoms with Crippen molar-refractivity contribution in [1.29, 1.82) is 0 Å². The third-order valence-corrected chi connectivity index (χ3v) is 5.79. The molecule has 1 N–H and O–H groups in total. The summed E-state index contributed by atoms with van der Waals surface area (Å²) in [5.74, 6) is -0.228. The van der Waals surface area contributed by atoms with Crippen molar-refractivity contribution < 1.29 is 4.79 Å². The predicted octanol–water partition coefficient (Wildman–Crippen LogP) is 5.98. The van der Waals surface area contributed by atoms with E-state index in [4.69, 9.17) is 23.2 Å². The minimum atomic E-state index is -0.228. The number of hydrogen-bond acceptors (Lipinski definition) is 5. The number of benzene rings is 1. The van der Waals surface area contributed by atoms with Gasteiger partial charge in [0.2, 0.25) is 0 Å². The minimum absolute atomic E-state index is 0.228. The van der Waals surface area contributed by atoms with E-state index >= 15 is 0 Å². The molecule has 0 saturated heterocycles. The normalized spacial score (nSPS) is 11.0. The average molecular weight is 406 g/mol. The molecule has 0 fully saturated rings. The lowest BCUT2D eigenvalue weighted by Crippen LogP contribution is -2.12. The van der Waals surface area contributed by atoms with Crippen molar-refractivity contribution in [1.82, 2.24) is 9.97 Å². The first-order valence-corrected chi connectivity index (χ1v) is 9.63. The Morgan fingerprint density at radius 3 is 2.84 bits per heavy atom. The van der Waals surface area contributed by atoms with Crippen LogP contribution in [0.1, 0.15) is 10.4 Å². The Hall–Kier alpha value is -1.99. The van der Waals surface area contributed by atoms with E-state index in [0.29, 0.717) is 25.1 Å². The van der Waals surface area contributed by atoms with Gasteiger partial charge < -0.3 is 0 Å². The fourth-order valence-corrected chi connectivity index (χ4v) is 4.62. The van der Waals surface area contributed by atoms with Crippen molar-refractivity contribution in [2.45, 2.75) is 0 Å². The van der Waals surface area contributed by atoms with Crippen LogP contribution < -0.4 is 5.32 Å². The molecule has 0 atom stereocenters. The van der Waals surface area contributed by atoms with Crippen LogP contribution >= 0.6 is 45.9 Å². The van der Waals surface area contributed by atoms with Gasteiger partial charge in [-0.05, 0) is 24.3 Å². The molecule has 1 amide bonds. The molecule has 3 aromatic heterocycles. The Bertz CT molecular complexity index is 1090. The van der Waals surface area contributed by atoms with Crippen molar-refractivity contribution in [3.8, 4) is 11.3 Å². The summed E-state index contributed by atoms with van der Waals surface area (Å²) in [6.07, 6.45) is 1.70. The van der Waals surface area contributed by atoms with Crippen LogP contribution in [0.15, 0.2) is 48.0 Å². The van der Waals surface area contributed by atoms with Gasteiger partial charge in [0.05, 0.1) is 15.5 Å².